The molecule has 0 aromatic carbocycles. The van der Waals surface area contributed by atoms with Crippen LogP contribution in [0.3, 0.4) is 0 Å². The van der Waals surface area contributed by atoms with E-state index in [1.54, 1.807) is 5.92 Å². The van der Waals surface area contributed by atoms with Crippen LogP contribution in [0.15, 0.2) is 12.2 Å². The van der Waals surface area contributed by atoms with Crippen LogP contribution in [-0.4, -0.2) is 0 Å². The highest BCUT2D eigenvalue weighted by Crippen LogP contribution is 2.48. The van der Waals surface area contributed by atoms with E-state index in [1.807, 2.05) is 0 Å². The molecule has 0 heterocycles. The third kappa shape index (κ3) is 0.460. The number of hydrogen-bond donors (Lipinski definition) is 0. The van der Waals surface area contributed by atoms with E-state index in [0.29, 0.717) is 0 Å². The van der Waals surface area contributed by atoms with Gasteiger partial charge in [-0.1, -0.05) is 12.2 Å². The molecule has 1 unspecified atom stereocenters. The van der Waals surface area contributed by atoms with Crippen molar-refractivity contribution in [3.05, 3.63) is 18.1 Å². The molecule has 0 heteroatoms. The fourth-order valence-corrected chi connectivity index (χ4v) is 1.92. The molecule has 0 nitrogen and oxygen atoms in total. The maximum Gasteiger partial charge on any atom is 0.000573 e. The average molecular weight is 107 g/mol. The van der Waals surface area contributed by atoms with Gasteiger partial charge in [-0.05, 0) is 31.6 Å². The van der Waals surface area contributed by atoms with Gasteiger partial charge in [0.2, 0.25) is 0 Å². The molecule has 2 rings (SSSR count). The first-order valence-electron chi connectivity index (χ1n) is 3.39. The second-order valence-corrected chi connectivity index (χ2v) is 3.02. The summed E-state index contributed by atoms with van der Waals surface area (Å²) in [5, 5.41) is 0. The summed E-state index contributed by atoms with van der Waals surface area (Å²) in [5.41, 5.74) is 1.46. The molecular formula is C8H11. The third-order valence-electron chi connectivity index (χ3n) is 2.42. The molecule has 1 radical (unpaired) electrons. The van der Waals surface area contributed by atoms with E-state index in [1.165, 1.54) is 31.3 Å². The Labute approximate surface area is 50.6 Å². The van der Waals surface area contributed by atoms with Crippen LogP contribution < -0.4 is 0 Å². The topological polar surface area (TPSA) is 0 Å². The lowest BCUT2D eigenvalue weighted by Crippen LogP contribution is -1.93. The number of hydrogen-bond acceptors (Lipinski definition) is 0. The molecule has 0 aromatic heterocycles. The molecule has 2 aliphatic carbocycles. The van der Waals surface area contributed by atoms with Crippen molar-refractivity contribution in [2.24, 2.45) is 5.92 Å². The van der Waals surface area contributed by atoms with Gasteiger partial charge in [-0.3, -0.25) is 0 Å². The van der Waals surface area contributed by atoms with Crippen molar-refractivity contribution in [1.82, 2.24) is 0 Å². The van der Waals surface area contributed by atoms with Crippen molar-refractivity contribution in [1.29, 1.82) is 0 Å². The predicted octanol–water partition coefficient (Wildman–Crippen LogP) is 2.32. The largest absolute Gasteiger partial charge is 0.0993 e. The molecule has 2 aliphatic rings. The molecule has 2 fully saturated rings. The van der Waals surface area contributed by atoms with Gasteiger partial charge < -0.3 is 0 Å². The summed E-state index contributed by atoms with van der Waals surface area (Å²) < 4.78 is 0. The molecular weight excluding hydrogens is 96.1 g/mol. The molecule has 1 atom stereocenters. The predicted molar refractivity (Wildman–Crippen MR) is 34.3 cm³/mol. The molecule has 2 saturated carbocycles. The molecule has 0 spiro atoms. The Bertz CT molecular complexity index is 124. The second kappa shape index (κ2) is 1.37. The number of rotatable bonds is 0. The fourth-order valence-electron chi connectivity index (χ4n) is 1.92. The minimum Gasteiger partial charge on any atom is -0.0993 e. The maximum absolute atomic E-state index is 4.00. The van der Waals surface area contributed by atoms with E-state index in [9.17, 15) is 0 Å². The zero-order valence-corrected chi connectivity index (χ0v) is 5.11. The minimum absolute atomic E-state index is 1.01. The van der Waals surface area contributed by atoms with Crippen molar-refractivity contribution in [2.75, 3.05) is 0 Å². The van der Waals surface area contributed by atoms with Gasteiger partial charge in [-0.25, -0.2) is 0 Å². The highest BCUT2D eigenvalue weighted by Gasteiger charge is 2.34. The van der Waals surface area contributed by atoms with E-state index in [-0.39, 0.29) is 0 Å². The first-order valence-corrected chi connectivity index (χ1v) is 3.39. The maximum atomic E-state index is 4.00. The van der Waals surface area contributed by atoms with Crippen molar-refractivity contribution >= 4 is 0 Å². The summed E-state index contributed by atoms with van der Waals surface area (Å²) in [5.74, 6) is 2.69. The average Bonchev–Trinajstić information content (AvgIpc) is 2.23. The smallest absolute Gasteiger partial charge is 0.000573 e. The Hall–Kier alpha value is -0.260. The first kappa shape index (κ1) is 4.60. The monoisotopic (exact) mass is 107 g/mol. The van der Waals surface area contributed by atoms with Crippen LogP contribution in [0.1, 0.15) is 25.7 Å². The highest BCUT2D eigenvalue weighted by atomic mass is 14.4. The van der Waals surface area contributed by atoms with E-state index < -0.39 is 0 Å². The van der Waals surface area contributed by atoms with Gasteiger partial charge in [-0.2, -0.15) is 0 Å². The lowest BCUT2D eigenvalue weighted by molar-refractivity contribution is 0.570. The summed E-state index contributed by atoms with van der Waals surface area (Å²) in [6.45, 7) is 4.00. The zero-order valence-electron chi connectivity index (χ0n) is 5.11. The van der Waals surface area contributed by atoms with Gasteiger partial charge in [-0.15, -0.1) is 0 Å². The van der Waals surface area contributed by atoms with E-state index in [2.05, 4.69) is 6.58 Å². The number of fused-ring (bicyclic) bond motifs is 2. The minimum atomic E-state index is 1.01. The Kier molecular flexibility index (Phi) is 0.787. The SMILES string of the molecule is C=C1CC2CC[C]1C2. The van der Waals surface area contributed by atoms with Crippen molar-refractivity contribution in [3.8, 4) is 0 Å². The van der Waals surface area contributed by atoms with E-state index in [4.69, 9.17) is 0 Å². The lowest BCUT2D eigenvalue weighted by Gasteiger charge is -2.09. The summed E-state index contributed by atoms with van der Waals surface area (Å²) in [7, 11) is 0. The zero-order chi connectivity index (χ0) is 5.56. The van der Waals surface area contributed by atoms with Crippen LogP contribution in [0.4, 0.5) is 0 Å². The molecule has 8 heavy (non-hydrogen) atoms. The van der Waals surface area contributed by atoms with Gasteiger partial charge in [0.15, 0.2) is 0 Å². The summed E-state index contributed by atoms with van der Waals surface area (Å²) >= 11 is 0. The standard InChI is InChI=1S/C8H11/c1-6-4-7-2-3-8(6)5-7/h7H,1-5H2. The van der Waals surface area contributed by atoms with Crippen molar-refractivity contribution < 1.29 is 0 Å². The molecule has 2 bridgehead atoms. The van der Waals surface area contributed by atoms with E-state index in [0.717, 1.165) is 5.92 Å². The third-order valence-corrected chi connectivity index (χ3v) is 2.42. The van der Waals surface area contributed by atoms with Gasteiger partial charge >= 0.3 is 0 Å². The van der Waals surface area contributed by atoms with E-state index >= 15 is 0 Å². The summed E-state index contributed by atoms with van der Waals surface area (Å²) in [6.07, 6.45) is 5.52. The molecule has 43 valence electrons. The Balaban J connectivity index is 2.22. The van der Waals surface area contributed by atoms with Gasteiger partial charge in [0.25, 0.3) is 0 Å². The molecule has 0 N–H and O–H groups in total. The lowest BCUT2D eigenvalue weighted by atomic mass is 9.96. The van der Waals surface area contributed by atoms with Crippen LogP contribution in [0, 0.1) is 11.8 Å². The van der Waals surface area contributed by atoms with Crippen LogP contribution in [-0.2, 0) is 0 Å². The van der Waals surface area contributed by atoms with Crippen molar-refractivity contribution in [3.63, 3.8) is 0 Å². The van der Waals surface area contributed by atoms with Crippen LogP contribution in [0.2, 0.25) is 0 Å². The quantitative estimate of drug-likeness (QED) is 0.445. The normalized spacial score (nSPS) is 37.0. The molecule has 0 aromatic rings. The Morgan fingerprint density at radius 1 is 1.38 bits per heavy atom. The van der Waals surface area contributed by atoms with Crippen LogP contribution >= 0.6 is 0 Å². The molecule has 0 amide bonds. The summed E-state index contributed by atoms with van der Waals surface area (Å²) in [6, 6.07) is 0. The van der Waals surface area contributed by atoms with Crippen LogP contribution in [0.25, 0.3) is 0 Å². The van der Waals surface area contributed by atoms with Gasteiger partial charge in [0.1, 0.15) is 0 Å². The highest BCUT2D eigenvalue weighted by molar-refractivity contribution is 5.30. The molecule has 0 aliphatic heterocycles. The second-order valence-electron chi connectivity index (χ2n) is 3.02. The fraction of sp³-hybridized carbons (Fsp3) is 0.625. The van der Waals surface area contributed by atoms with Crippen molar-refractivity contribution in [2.45, 2.75) is 25.7 Å². The Morgan fingerprint density at radius 3 is 2.50 bits per heavy atom. The number of allylic oxidation sites excluding steroid dienone is 1. The first-order chi connectivity index (χ1) is 3.86. The van der Waals surface area contributed by atoms with Gasteiger partial charge in [0, 0.05) is 5.92 Å². The molecule has 0 saturated heterocycles. The van der Waals surface area contributed by atoms with Crippen LogP contribution in [0.5, 0.6) is 0 Å². The van der Waals surface area contributed by atoms with Gasteiger partial charge in [0.05, 0.1) is 0 Å². The summed E-state index contributed by atoms with van der Waals surface area (Å²) in [4.78, 5) is 0. The Morgan fingerprint density at radius 2 is 2.25 bits per heavy atom.